The normalized spacial score (nSPS) is 27.9. The van der Waals surface area contributed by atoms with Crippen molar-refractivity contribution in [2.45, 2.75) is 42.2 Å². The first-order chi connectivity index (χ1) is 10.2. The fourth-order valence-electron chi connectivity index (χ4n) is 3.34. The van der Waals surface area contributed by atoms with E-state index in [1.54, 1.807) is 7.11 Å². The van der Waals surface area contributed by atoms with Gasteiger partial charge in [-0.2, -0.15) is 0 Å². The molecule has 2 N–H and O–H groups in total. The number of hydrogen-bond donors (Lipinski definition) is 1. The van der Waals surface area contributed by atoms with Gasteiger partial charge in [0.05, 0.1) is 12.4 Å². The number of aryl methyl sites for hydroxylation is 1. The van der Waals surface area contributed by atoms with Gasteiger partial charge in [-0.25, -0.2) is 0 Å². The van der Waals surface area contributed by atoms with Crippen LogP contribution in [0.15, 0.2) is 18.2 Å². The second kappa shape index (κ2) is 6.46. The minimum atomic E-state index is -0.874. The summed E-state index contributed by atoms with van der Waals surface area (Å²) < 4.78 is 23.5. The maximum Gasteiger partial charge on any atom is 0.119 e. The third kappa shape index (κ3) is 3.00. The maximum absolute atomic E-state index is 12.8. The van der Waals surface area contributed by atoms with E-state index in [9.17, 15) is 4.21 Å². The van der Waals surface area contributed by atoms with Crippen LogP contribution in [0.2, 0.25) is 0 Å². The first-order valence-corrected chi connectivity index (χ1v) is 8.88. The average molecular weight is 309 g/mol. The fraction of sp³-hybridized carbons (Fsp3) is 0.625. The van der Waals surface area contributed by atoms with Crippen molar-refractivity contribution in [1.29, 1.82) is 0 Å². The molecule has 1 saturated heterocycles. The molecule has 5 heteroatoms. The predicted octanol–water partition coefficient (Wildman–Crippen LogP) is 1.94. The van der Waals surface area contributed by atoms with Crippen LogP contribution in [-0.2, 0) is 22.0 Å². The molecule has 1 aliphatic carbocycles. The van der Waals surface area contributed by atoms with Gasteiger partial charge in [-0.05, 0) is 48.9 Å². The van der Waals surface area contributed by atoms with E-state index in [0.717, 1.165) is 50.2 Å². The van der Waals surface area contributed by atoms with E-state index in [-0.39, 0.29) is 16.5 Å². The van der Waals surface area contributed by atoms with Crippen molar-refractivity contribution in [3.05, 3.63) is 29.3 Å². The zero-order valence-corrected chi connectivity index (χ0v) is 13.2. The average Bonchev–Trinajstić information content (AvgIpc) is 2.55. The Balaban J connectivity index is 1.78. The fourth-order valence-corrected chi connectivity index (χ4v) is 5.28. The second-order valence-electron chi connectivity index (χ2n) is 5.81. The summed E-state index contributed by atoms with van der Waals surface area (Å²) in [5, 5.41) is 0.309. The van der Waals surface area contributed by atoms with Gasteiger partial charge in [0.2, 0.25) is 0 Å². The highest BCUT2D eigenvalue weighted by Gasteiger charge is 2.35. The number of hydrogen-bond acceptors (Lipinski definition) is 4. The van der Waals surface area contributed by atoms with Crippen molar-refractivity contribution in [3.8, 4) is 5.75 Å². The Labute approximate surface area is 128 Å². The van der Waals surface area contributed by atoms with Crippen molar-refractivity contribution in [2.75, 3.05) is 20.3 Å². The van der Waals surface area contributed by atoms with Gasteiger partial charge in [0.1, 0.15) is 5.75 Å². The Morgan fingerprint density at radius 2 is 2.05 bits per heavy atom. The number of nitrogens with two attached hydrogens (primary N) is 1. The summed E-state index contributed by atoms with van der Waals surface area (Å²) in [6.45, 7) is 1.46. The standard InChI is InChI=1S/C16H23NO3S/c1-19-12-3-4-14-11(10-12)2-5-15(16(14)17)21(18)13-6-8-20-9-7-13/h3-4,10,13,15-16H,2,5-9,17H2,1H3. The van der Waals surface area contributed by atoms with Gasteiger partial charge in [0.25, 0.3) is 0 Å². The third-order valence-corrected chi connectivity index (χ3v) is 6.86. The Kier molecular flexibility index (Phi) is 4.62. The van der Waals surface area contributed by atoms with Crippen LogP contribution in [0.25, 0.3) is 0 Å². The summed E-state index contributed by atoms with van der Waals surface area (Å²) in [7, 11) is 0.800. The Morgan fingerprint density at radius 3 is 2.76 bits per heavy atom. The highest BCUT2D eigenvalue weighted by atomic mass is 32.2. The number of ether oxygens (including phenoxy) is 2. The molecule has 116 valence electrons. The second-order valence-corrected chi connectivity index (χ2v) is 7.74. The molecule has 0 spiro atoms. The SMILES string of the molecule is COc1ccc2c(c1)CCC(S(=O)C1CCOCC1)C2N. The Hall–Kier alpha value is -0.910. The number of methoxy groups -OCH3 is 1. The van der Waals surface area contributed by atoms with Gasteiger partial charge in [-0.3, -0.25) is 4.21 Å². The van der Waals surface area contributed by atoms with Crippen molar-refractivity contribution < 1.29 is 13.7 Å². The summed E-state index contributed by atoms with van der Waals surface area (Å²) in [5.74, 6) is 0.866. The van der Waals surface area contributed by atoms with Crippen LogP contribution >= 0.6 is 0 Å². The first kappa shape index (κ1) is 15.0. The largest absolute Gasteiger partial charge is 0.497 e. The topological polar surface area (TPSA) is 61.5 Å². The van der Waals surface area contributed by atoms with Crippen molar-refractivity contribution in [3.63, 3.8) is 0 Å². The lowest BCUT2D eigenvalue weighted by Crippen LogP contribution is -2.40. The van der Waals surface area contributed by atoms with Crippen LogP contribution in [-0.4, -0.2) is 35.0 Å². The zero-order chi connectivity index (χ0) is 14.8. The lowest BCUT2D eigenvalue weighted by atomic mass is 9.87. The summed E-state index contributed by atoms with van der Waals surface area (Å²) >= 11 is 0. The smallest absolute Gasteiger partial charge is 0.119 e. The first-order valence-electron chi connectivity index (χ1n) is 7.60. The van der Waals surface area contributed by atoms with Gasteiger partial charge in [-0.1, -0.05) is 6.07 Å². The Morgan fingerprint density at radius 1 is 1.29 bits per heavy atom. The van der Waals surface area contributed by atoms with E-state index in [0.29, 0.717) is 0 Å². The molecule has 0 radical (unpaired) electrons. The molecule has 21 heavy (non-hydrogen) atoms. The number of fused-ring (bicyclic) bond motifs is 1. The van der Waals surface area contributed by atoms with Gasteiger partial charge in [0.15, 0.2) is 0 Å². The van der Waals surface area contributed by atoms with E-state index in [1.807, 2.05) is 12.1 Å². The van der Waals surface area contributed by atoms with Crippen LogP contribution in [0.1, 0.15) is 36.4 Å². The van der Waals surface area contributed by atoms with E-state index >= 15 is 0 Å². The van der Waals surface area contributed by atoms with E-state index in [1.165, 1.54) is 5.56 Å². The molecule has 0 bridgehead atoms. The molecule has 0 aromatic heterocycles. The van der Waals surface area contributed by atoms with Crippen LogP contribution < -0.4 is 10.5 Å². The summed E-state index contributed by atoms with van der Waals surface area (Å²) in [6.07, 6.45) is 3.61. The van der Waals surface area contributed by atoms with Gasteiger partial charge >= 0.3 is 0 Å². The van der Waals surface area contributed by atoms with Crippen LogP contribution in [0, 0.1) is 0 Å². The van der Waals surface area contributed by atoms with Crippen molar-refractivity contribution >= 4 is 10.8 Å². The number of rotatable bonds is 3. The molecule has 3 rings (SSSR count). The molecule has 4 nitrogen and oxygen atoms in total. The third-order valence-electron chi connectivity index (χ3n) is 4.60. The number of benzene rings is 1. The van der Waals surface area contributed by atoms with E-state index < -0.39 is 10.8 Å². The molecular formula is C16H23NO3S. The minimum absolute atomic E-state index is 0.0639. The monoisotopic (exact) mass is 309 g/mol. The van der Waals surface area contributed by atoms with Crippen molar-refractivity contribution in [1.82, 2.24) is 0 Å². The van der Waals surface area contributed by atoms with Crippen LogP contribution in [0.3, 0.4) is 0 Å². The molecule has 0 saturated carbocycles. The molecule has 0 amide bonds. The lowest BCUT2D eigenvalue weighted by molar-refractivity contribution is 0.0990. The van der Waals surface area contributed by atoms with Gasteiger partial charge < -0.3 is 15.2 Å². The molecule has 1 fully saturated rings. The molecule has 3 unspecified atom stereocenters. The zero-order valence-electron chi connectivity index (χ0n) is 12.4. The van der Waals surface area contributed by atoms with Crippen LogP contribution in [0.4, 0.5) is 0 Å². The van der Waals surface area contributed by atoms with E-state index in [4.69, 9.17) is 15.2 Å². The molecule has 1 heterocycles. The molecule has 1 aliphatic heterocycles. The maximum atomic E-state index is 12.8. The predicted molar refractivity (Wildman–Crippen MR) is 84.0 cm³/mol. The highest BCUT2D eigenvalue weighted by molar-refractivity contribution is 7.86. The Bertz CT molecular complexity index is 528. The quantitative estimate of drug-likeness (QED) is 0.927. The van der Waals surface area contributed by atoms with E-state index in [2.05, 4.69) is 6.07 Å². The molecule has 1 aromatic carbocycles. The van der Waals surface area contributed by atoms with Crippen molar-refractivity contribution in [2.24, 2.45) is 5.73 Å². The summed E-state index contributed by atoms with van der Waals surface area (Å²) in [5.41, 5.74) is 8.79. The highest BCUT2D eigenvalue weighted by Crippen LogP contribution is 2.35. The molecule has 2 aliphatic rings. The molecule has 1 aromatic rings. The minimum Gasteiger partial charge on any atom is -0.497 e. The molecular weight excluding hydrogens is 286 g/mol. The van der Waals surface area contributed by atoms with Crippen LogP contribution in [0.5, 0.6) is 5.75 Å². The molecule has 3 atom stereocenters. The lowest BCUT2D eigenvalue weighted by Gasteiger charge is -2.34. The van der Waals surface area contributed by atoms with Gasteiger partial charge in [-0.15, -0.1) is 0 Å². The summed E-state index contributed by atoms with van der Waals surface area (Å²) in [4.78, 5) is 0. The van der Waals surface area contributed by atoms with Gasteiger partial charge in [0, 0.05) is 35.3 Å². The summed E-state index contributed by atoms with van der Waals surface area (Å²) in [6, 6.07) is 5.90.